The van der Waals surface area contributed by atoms with Crippen LogP contribution in [0.25, 0.3) is 38.8 Å². The number of likely N-dealkylation sites (N-methyl/N-ethyl adjacent to an activating group) is 1. The quantitative estimate of drug-likeness (QED) is 0.213. The van der Waals surface area contributed by atoms with E-state index < -0.39 is 23.7 Å². The maximum Gasteiger partial charge on any atom is 0.417 e. The number of hydrogen-bond donors (Lipinski definition) is 2. The number of fused-ring (bicyclic) bond motifs is 8. The largest absolute Gasteiger partial charge is 0.478 e. The fourth-order valence-electron chi connectivity index (χ4n) is 6.56. The van der Waals surface area contributed by atoms with Gasteiger partial charge in [-0.3, -0.25) is 4.40 Å². The highest BCUT2D eigenvalue weighted by molar-refractivity contribution is 6.03. The molecule has 1 saturated heterocycles. The smallest absolute Gasteiger partial charge is 0.417 e. The van der Waals surface area contributed by atoms with Gasteiger partial charge in [0, 0.05) is 25.0 Å². The van der Waals surface area contributed by atoms with Gasteiger partial charge in [-0.15, -0.1) is 0 Å². The van der Waals surface area contributed by atoms with Gasteiger partial charge in [-0.05, 0) is 85.1 Å². The number of pyridine rings is 2. The summed E-state index contributed by atoms with van der Waals surface area (Å²) in [5.41, 5.74) is 4.98. The van der Waals surface area contributed by atoms with Gasteiger partial charge in [0.1, 0.15) is 17.0 Å². The molecule has 12 heteroatoms. The number of carboxylic acid groups (broad SMARTS) is 2. The van der Waals surface area contributed by atoms with Gasteiger partial charge in [0.25, 0.3) is 0 Å². The Kier molecular flexibility index (Phi) is 7.75. The van der Waals surface area contributed by atoms with Crippen molar-refractivity contribution in [3.05, 3.63) is 107 Å². The lowest BCUT2D eigenvalue weighted by Gasteiger charge is -2.24. The molecular weight excluding hydrogens is 623 g/mol. The Labute approximate surface area is 272 Å². The number of alkyl halides is 3. The molecule has 0 bridgehead atoms. The molecule has 0 saturated carbocycles. The normalized spacial score (nSPS) is 14.8. The number of nitrogens with zero attached hydrogens (tertiary/aromatic N) is 5. The third-order valence-corrected chi connectivity index (χ3v) is 8.95. The van der Waals surface area contributed by atoms with Crippen molar-refractivity contribution in [1.29, 1.82) is 0 Å². The van der Waals surface area contributed by atoms with Gasteiger partial charge in [-0.25, -0.2) is 19.6 Å². The molecule has 0 amide bonds. The number of carbonyl (C=O) groups is 2. The second kappa shape index (κ2) is 11.9. The molecule has 1 fully saturated rings. The standard InChI is InChI=1S/C22H20F3N5O2.C14H10O2/c1-28-7-4-8-29(10-9-28)18-12-15(22(23,24)25)13-11-14(21(31)32)20-26-16-5-2-3-6-17(16)30(20)19(13)27-18;15-14(16)11-6-5-10-7-9-3-1-2-4-12(9)13(10)8-11/h2-3,5-6,11-12H,4,7-10H2,1H3,(H,31,32);1-6,8H,7H2,(H,15,16). The van der Waals surface area contributed by atoms with Gasteiger partial charge in [-0.2, -0.15) is 13.2 Å². The van der Waals surface area contributed by atoms with Crippen LogP contribution in [0.5, 0.6) is 0 Å². The van der Waals surface area contributed by atoms with Crippen LogP contribution >= 0.6 is 0 Å². The van der Waals surface area contributed by atoms with E-state index in [1.165, 1.54) is 21.1 Å². The number of anilines is 1. The second-order valence-electron chi connectivity index (χ2n) is 12.0. The fourth-order valence-corrected chi connectivity index (χ4v) is 6.56. The lowest BCUT2D eigenvalue weighted by molar-refractivity contribution is -0.136. The third-order valence-electron chi connectivity index (χ3n) is 8.95. The van der Waals surface area contributed by atoms with Crippen LogP contribution in [0.3, 0.4) is 0 Å². The predicted octanol–water partition coefficient (Wildman–Crippen LogP) is 6.85. The molecule has 0 atom stereocenters. The van der Waals surface area contributed by atoms with Crippen molar-refractivity contribution in [2.24, 2.45) is 0 Å². The van der Waals surface area contributed by atoms with E-state index in [1.807, 2.05) is 36.2 Å². The first kappa shape index (κ1) is 31.1. The highest BCUT2D eigenvalue weighted by Gasteiger charge is 2.36. The van der Waals surface area contributed by atoms with Crippen LogP contribution in [0, 0.1) is 0 Å². The SMILES string of the molecule is CN1CCCN(c2cc(C(F)(F)F)c3cc(C(=O)O)c4nc5ccccc5n4c3n2)CC1.O=C(O)c1ccc2c(c1)-c1ccccc1C2. The molecule has 3 aromatic carbocycles. The molecule has 9 nitrogen and oxygen atoms in total. The molecule has 244 valence electrons. The highest BCUT2D eigenvalue weighted by atomic mass is 19.4. The van der Waals surface area contributed by atoms with Crippen LogP contribution in [-0.4, -0.2) is 74.6 Å². The number of aromatic carboxylic acids is 2. The maximum atomic E-state index is 14.2. The van der Waals surface area contributed by atoms with E-state index in [0.29, 0.717) is 36.2 Å². The molecule has 48 heavy (non-hydrogen) atoms. The van der Waals surface area contributed by atoms with Crippen LogP contribution in [0.15, 0.2) is 78.9 Å². The van der Waals surface area contributed by atoms with E-state index in [4.69, 9.17) is 5.11 Å². The van der Waals surface area contributed by atoms with Gasteiger partial charge in [0.05, 0.1) is 22.2 Å². The Morgan fingerprint density at radius 3 is 2.29 bits per heavy atom. The van der Waals surface area contributed by atoms with E-state index in [2.05, 4.69) is 20.9 Å². The van der Waals surface area contributed by atoms with Crippen molar-refractivity contribution in [1.82, 2.24) is 19.3 Å². The molecule has 2 aliphatic rings. The average Bonchev–Trinajstić information content (AvgIpc) is 3.55. The Hall–Kier alpha value is -5.49. The topological polar surface area (TPSA) is 111 Å². The number of aromatic nitrogens is 3. The molecule has 8 rings (SSSR count). The number of rotatable bonds is 3. The number of carboxylic acids is 2. The molecular formula is C36H30F3N5O4. The summed E-state index contributed by atoms with van der Waals surface area (Å²) in [6.45, 7) is 2.70. The number of imidazole rings is 1. The van der Waals surface area contributed by atoms with Crippen LogP contribution in [-0.2, 0) is 12.6 Å². The first-order valence-electron chi connectivity index (χ1n) is 15.4. The summed E-state index contributed by atoms with van der Waals surface area (Å²) in [4.78, 5) is 35.8. The van der Waals surface area contributed by atoms with Crippen molar-refractivity contribution in [2.75, 3.05) is 38.1 Å². The monoisotopic (exact) mass is 653 g/mol. The summed E-state index contributed by atoms with van der Waals surface area (Å²) in [5, 5.41) is 18.4. The predicted molar refractivity (Wildman–Crippen MR) is 176 cm³/mol. The first-order chi connectivity index (χ1) is 23.0. The molecule has 1 aliphatic heterocycles. The highest BCUT2D eigenvalue weighted by Crippen LogP contribution is 2.39. The number of halogens is 3. The first-order valence-corrected chi connectivity index (χ1v) is 15.4. The fraction of sp³-hybridized carbons (Fsp3) is 0.222. The number of para-hydroxylation sites is 2. The van der Waals surface area contributed by atoms with Crippen molar-refractivity contribution in [3.63, 3.8) is 0 Å². The zero-order valence-corrected chi connectivity index (χ0v) is 25.8. The lowest BCUT2D eigenvalue weighted by Crippen LogP contribution is -2.29. The van der Waals surface area contributed by atoms with Crippen molar-refractivity contribution >= 4 is 45.5 Å². The summed E-state index contributed by atoms with van der Waals surface area (Å²) >= 11 is 0. The van der Waals surface area contributed by atoms with Crippen molar-refractivity contribution < 1.29 is 33.0 Å². The van der Waals surface area contributed by atoms with Crippen LogP contribution in [0.2, 0.25) is 0 Å². The summed E-state index contributed by atoms with van der Waals surface area (Å²) < 4.78 is 43.9. The van der Waals surface area contributed by atoms with E-state index in [0.717, 1.165) is 37.1 Å². The van der Waals surface area contributed by atoms with Gasteiger partial charge >= 0.3 is 18.1 Å². The van der Waals surface area contributed by atoms with E-state index in [1.54, 1.807) is 36.4 Å². The summed E-state index contributed by atoms with van der Waals surface area (Å²) in [5.74, 6) is -1.99. The zero-order chi connectivity index (χ0) is 33.7. The van der Waals surface area contributed by atoms with Gasteiger partial charge in [0.15, 0.2) is 5.65 Å². The van der Waals surface area contributed by atoms with Gasteiger partial charge in [-0.1, -0.05) is 42.5 Å². The van der Waals surface area contributed by atoms with Gasteiger partial charge < -0.3 is 20.0 Å². The van der Waals surface area contributed by atoms with Crippen molar-refractivity contribution in [2.45, 2.75) is 19.0 Å². The molecule has 0 unspecified atom stereocenters. The molecule has 4 heterocycles. The summed E-state index contributed by atoms with van der Waals surface area (Å²) in [7, 11) is 1.98. The molecule has 6 aromatic rings. The second-order valence-corrected chi connectivity index (χ2v) is 12.0. The zero-order valence-electron chi connectivity index (χ0n) is 25.8. The van der Waals surface area contributed by atoms with E-state index in [9.17, 15) is 27.9 Å². The summed E-state index contributed by atoms with van der Waals surface area (Å²) in [6, 6.07) is 22.4. The minimum atomic E-state index is -4.68. The summed E-state index contributed by atoms with van der Waals surface area (Å²) in [6.07, 6.45) is -2.97. The number of benzene rings is 3. The molecule has 2 N–H and O–H groups in total. The molecule has 1 aliphatic carbocycles. The van der Waals surface area contributed by atoms with Crippen LogP contribution < -0.4 is 4.90 Å². The van der Waals surface area contributed by atoms with E-state index >= 15 is 0 Å². The number of hydrogen-bond acceptors (Lipinski definition) is 6. The minimum absolute atomic E-state index is 0.0427. The molecule has 0 radical (unpaired) electrons. The average molecular weight is 654 g/mol. The lowest BCUT2D eigenvalue weighted by atomic mass is 10.0. The third kappa shape index (κ3) is 5.57. The Balaban J connectivity index is 0.000000190. The Bertz CT molecular complexity index is 2250. The minimum Gasteiger partial charge on any atom is -0.478 e. The van der Waals surface area contributed by atoms with Gasteiger partial charge in [0.2, 0.25) is 0 Å². The molecule has 0 spiro atoms. The van der Waals surface area contributed by atoms with Crippen molar-refractivity contribution in [3.8, 4) is 11.1 Å². The van der Waals surface area contributed by atoms with Crippen LogP contribution in [0.1, 0.15) is 43.8 Å². The molecule has 3 aromatic heterocycles. The Morgan fingerprint density at radius 1 is 0.771 bits per heavy atom. The van der Waals surface area contributed by atoms with Crippen LogP contribution in [0.4, 0.5) is 19.0 Å². The maximum absolute atomic E-state index is 14.2. The van der Waals surface area contributed by atoms with E-state index in [-0.39, 0.29) is 28.1 Å². The Morgan fingerprint density at radius 2 is 1.52 bits per heavy atom.